The first kappa shape index (κ1) is 15.1. The van der Waals surface area contributed by atoms with Crippen LogP contribution in [0, 0.1) is 23.6 Å². The van der Waals surface area contributed by atoms with Gasteiger partial charge >= 0.3 is 0 Å². The van der Waals surface area contributed by atoms with Gasteiger partial charge in [0.05, 0.1) is 6.54 Å². The van der Waals surface area contributed by atoms with Gasteiger partial charge in [0.2, 0.25) is 5.91 Å². The molecule has 0 radical (unpaired) electrons. The molecule has 1 aromatic carbocycles. The second-order valence-corrected chi connectivity index (χ2v) is 4.77. The van der Waals surface area contributed by atoms with Crippen LogP contribution in [0.5, 0.6) is 5.75 Å². The first-order valence-corrected chi connectivity index (χ1v) is 7.03. The maximum atomic E-state index is 13.2. The van der Waals surface area contributed by atoms with Gasteiger partial charge in [-0.3, -0.25) is 4.79 Å². The van der Waals surface area contributed by atoms with Crippen molar-refractivity contribution in [3.63, 3.8) is 0 Å². The minimum Gasteiger partial charge on any atom is -0.478 e. The van der Waals surface area contributed by atoms with E-state index in [-0.39, 0.29) is 24.2 Å². The third kappa shape index (κ3) is 4.96. The lowest BCUT2D eigenvalue weighted by atomic mass is 9.94. The van der Waals surface area contributed by atoms with Crippen molar-refractivity contribution in [2.45, 2.75) is 19.3 Å². The van der Waals surface area contributed by atoms with E-state index in [0.29, 0.717) is 6.54 Å². The van der Waals surface area contributed by atoms with Crippen molar-refractivity contribution in [1.82, 2.24) is 5.32 Å². The molecular formula is C17H18FNO2. The summed E-state index contributed by atoms with van der Waals surface area (Å²) < 4.78 is 18.4. The molecule has 1 N–H and O–H groups in total. The van der Waals surface area contributed by atoms with Crippen LogP contribution in [0.3, 0.4) is 0 Å². The molecule has 1 unspecified atom stereocenters. The highest BCUT2D eigenvalue weighted by Gasteiger charge is 2.17. The maximum absolute atomic E-state index is 13.2. The molecule has 0 saturated carbocycles. The number of allylic oxidation sites excluding steroid dienone is 2. The van der Waals surface area contributed by atoms with Crippen molar-refractivity contribution in [3.8, 4) is 17.6 Å². The van der Waals surface area contributed by atoms with E-state index in [1.807, 2.05) is 6.08 Å². The number of rotatable bonds is 4. The van der Waals surface area contributed by atoms with Crippen LogP contribution in [0.2, 0.25) is 0 Å². The molecule has 3 nitrogen and oxygen atoms in total. The molecule has 4 heteroatoms. The number of hydrogen-bond donors (Lipinski definition) is 1. The Morgan fingerprint density at radius 3 is 2.95 bits per heavy atom. The predicted molar refractivity (Wildman–Crippen MR) is 79.2 cm³/mol. The Balaban J connectivity index is 1.66. The van der Waals surface area contributed by atoms with Crippen LogP contribution >= 0.6 is 0 Å². The van der Waals surface area contributed by atoms with Gasteiger partial charge in [-0.2, -0.15) is 0 Å². The van der Waals surface area contributed by atoms with Crippen molar-refractivity contribution in [2.24, 2.45) is 5.92 Å². The fraction of sp³-hybridized carbons (Fsp3) is 0.353. The SMILES string of the molecule is O=C(NCC#CCOc1ccccc1F)C1CC=CCC1. The Labute approximate surface area is 124 Å². The van der Waals surface area contributed by atoms with Gasteiger partial charge in [-0.25, -0.2) is 4.39 Å². The number of carbonyl (C=O) groups is 1. The highest BCUT2D eigenvalue weighted by Crippen LogP contribution is 2.17. The number of amides is 1. The molecule has 1 aliphatic carbocycles. The lowest BCUT2D eigenvalue weighted by Crippen LogP contribution is -2.31. The molecule has 0 aromatic heterocycles. The summed E-state index contributed by atoms with van der Waals surface area (Å²) in [6.45, 7) is 0.392. The zero-order valence-electron chi connectivity index (χ0n) is 11.8. The lowest BCUT2D eigenvalue weighted by molar-refractivity contribution is -0.124. The zero-order valence-corrected chi connectivity index (χ0v) is 11.8. The van der Waals surface area contributed by atoms with Crippen LogP contribution in [0.15, 0.2) is 36.4 Å². The van der Waals surface area contributed by atoms with E-state index < -0.39 is 5.82 Å². The Bertz CT molecular complexity index is 572. The van der Waals surface area contributed by atoms with Crippen LogP contribution in [-0.4, -0.2) is 19.1 Å². The Morgan fingerprint density at radius 1 is 1.33 bits per heavy atom. The highest BCUT2D eigenvalue weighted by atomic mass is 19.1. The van der Waals surface area contributed by atoms with Crippen molar-refractivity contribution < 1.29 is 13.9 Å². The normalized spacial score (nSPS) is 16.7. The monoisotopic (exact) mass is 287 g/mol. The summed E-state index contributed by atoms with van der Waals surface area (Å²) in [4.78, 5) is 11.8. The molecule has 0 heterocycles. The van der Waals surface area contributed by atoms with Gasteiger partial charge in [-0.1, -0.05) is 36.1 Å². The quantitative estimate of drug-likeness (QED) is 0.683. The van der Waals surface area contributed by atoms with Gasteiger partial charge < -0.3 is 10.1 Å². The molecule has 21 heavy (non-hydrogen) atoms. The number of carbonyl (C=O) groups excluding carboxylic acids is 1. The van der Waals surface area contributed by atoms with Crippen molar-refractivity contribution in [1.29, 1.82) is 0 Å². The van der Waals surface area contributed by atoms with E-state index in [0.717, 1.165) is 19.3 Å². The molecule has 2 rings (SSSR count). The molecule has 0 spiro atoms. The van der Waals surface area contributed by atoms with Crippen LogP contribution in [0.1, 0.15) is 19.3 Å². The van der Waals surface area contributed by atoms with Crippen LogP contribution in [-0.2, 0) is 4.79 Å². The summed E-state index contributed by atoms with van der Waals surface area (Å²) in [6, 6.07) is 6.19. The second kappa shape index (κ2) is 8.11. The van der Waals surface area contributed by atoms with E-state index in [2.05, 4.69) is 23.2 Å². The molecule has 0 aliphatic heterocycles. The fourth-order valence-electron chi connectivity index (χ4n) is 2.10. The summed E-state index contributed by atoms with van der Waals surface area (Å²) in [7, 11) is 0. The lowest BCUT2D eigenvalue weighted by Gasteiger charge is -2.16. The second-order valence-electron chi connectivity index (χ2n) is 4.77. The van der Waals surface area contributed by atoms with Gasteiger partial charge in [0.15, 0.2) is 11.6 Å². The van der Waals surface area contributed by atoms with Crippen LogP contribution in [0.4, 0.5) is 4.39 Å². The number of nitrogens with one attached hydrogen (secondary N) is 1. The van der Waals surface area contributed by atoms with Crippen molar-refractivity contribution in [2.75, 3.05) is 13.2 Å². The smallest absolute Gasteiger partial charge is 0.224 e. The molecular weight excluding hydrogens is 269 g/mol. The number of halogens is 1. The van der Waals surface area contributed by atoms with Gasteiger partial charge in [0.25, 0.3) is 0 Å². The van der Waals surface area contributed by atoms with Gasteiger partial charge in [0, 0.05) is 5.92 Å². The van der Waals surface area contributed by atoms with Crippen molar-refractivity contribution in [3.05, 3.63) is 42.2 Å². The van der Waals surface area contributed by atoms with E-state index in [9.17, 15) is 9.18 Å². The Hall–Kier alpha value is -2.28. The standard InChI is InChI=1S/C17H18FNO2/c18-15-10-4-5-11-16(15)21-13-7-6-12-19-17(20)14-8-2-1-3-9-14/h1-2,4-5,10-11,14H,3,8-9,12-13H2,(H,19,20). The van der Waals surface area contributed by atoms with E-state index >= 15 is 0 Å². The molecule has 1 aliphatic rings. The highest BCUT2D eigenvalue weighted by molar-refractivity contribution is 5.79. The zero-order chi connectivity index (χ0) is 14.9. The van der Waals surface area contributed by atoms with Crippen LogP contribution < -0.4 is 10.1 Å². The summed E-state index contributed by atoms with van der Waals surface area (Å²) in [5.74, 6) is 5.44. The fourth-order valence-corrected chi connectivity index (χ4v) is 2.10. The molecule has 0 saturated heterocycles. The first-order valence-electron chi connectivity index (χ1n) is 7.03. The summed E-state index contributed by atoms with van der Waals surface area (Å²) in [5.41, 5.74) is 0. The minimum atomic E-state index is -0.405. The molecule has 0 bridgehead atoms. The third-order valence-electron chi connectivity index (χ3n) is 3.25. The Kier molecular flexibility index (Phi) is 5.83. The number of hydrogen-bond acceptors (Lipinski definition) is 2. The van der Waals surface area contributed by atoms with Crippen molar-refractivity contribution >= 4 is 5.91 Å². The number of ether oxygens (including phenoxy) is 1. The molecule has 1 amide bonds. The minimum absolute atomic E-state index is 0.0451. The molecule has 110 valence electrons. The van der Waals surface area contributed by atoms with E-state index in [4.69, 9.17) is 4.74 Å². The molecule has 1 atom stereocenters. The van der Waals surface area contributed by atoms with E-state index in [1.165, 1.54) is 6.07 Å². The number of benzene rings is 1. The summed E-state index contributed by atoms with van der Waals surface area (Å²) in [5, 5.41) is 2.79. The molecule has 1 aromatic rings. The third-order valence-corrected chi connectivity index (χ3v) is 3.25. The summed E-state index contributed by atoms with van der Waals surface area (Å²) >= 11 is 0. The average molecular weight is 287 g/mol. The predicted octanol–water partition coefficient (Wildman–Crippen LogP) is 2.68. The van der Waals surface area contributed by atoms with Gasteiger partial charge in [-0.15, -0.1) is 0 Å². The molecule has 0 fully saturated rings. The average Bonchev–Trinajstić information content (AvgIpc) is 2.53. The summed E-state index contributed by atoms with van der Waals surface area (Å²) in [6.07, 6.45) is 6.80. The topological polar surface area (TPSA) is 38.3 Å². The largest absolute Gasteiger partial charge is 0.478 e. The van der Waals surface area contributed by atoms with Gasteiger partial charge in [0.1, 0.15) is 6.61 Å². The maximum Gasteiger partial charge on any atom is 0.224 e. The Morgan fingerprint density at radius 2 is 2.19 bits per heavy atom. The van der Waals surface area contributed by atoms with Crippen LogP contribution in [0.25, 0.3) is 0 Å². The number of para-hydroxylation sites is 1. The van der Waals surface area contributed by atoms with Gasteiger partial charge in [-0.05, 0) is 31.4 Å². The first-order chi connectivity index (χ1) is 10.3. The van der Waals surface area contributed by atoms with E-state index in [1.54, 1.807) is 18.2 Å².